The van der Waals surface area contributed by atoms with Crippen LogP contribution in [0.25, 0.3) is 6.08 Å². The Balaban J connectivity index is 1.67. The molecule has 0 saturated carbocycles. The van der Waals surface area contributed by atoms with Gasteiger partial charge in [-0.3, -0.25) is 19.3 Å². The number of benzene rings is 2. The number of carbonyl (C=O) groups excluding carboxylic acids is 3. The normalized spacial score (nSPS) is 15.1. The summed E-state index contributed by atoms with van der Waals surface area (Å²) in [5.41, 5.74) is 1.56. The molecule has 162 valence electrons. The number of nitrogens with zero attached hydrogens (tertiary/aromatic N) is 1. The maximum Gasteiger partial charge on any atom is 0.326 e. The Morgan fingerprint density at radius 2 is 1.84 bits per heavy atom. The van der Waals surface area contributed by atoms with E-state index in [9.17, 15) is 14.4 Å². The zero-order chi connectivity index (χ0) is 22.5. The van der Waals surface area contributed by atoms with E-state index in [2.05, 4.69) is 0 Å². The predicted octanol–water partition coefficient (Wildman–Crippen LogP) is 5.56. The van der Waals surface area contributed by atoms with Crippen LogP contribution >= 0.6 is 35.0 Å². The summed E-state index contributed by atoms with van der Waals surface area (Å²) in [5, 5.41) is 0.487. The Morgan fingerprint density at radius 1 is 1.13 bits per heavy atom. The Morgan fingerprint density at radius 3 is 2.48 bits per heavy atom. The first-order valence-electron chi connectivity index (χ1n) is 9.34. The second-order valence-electron chi connectivity index (χ2n) is 6.91. The van der Waals surface area contributed by atoms with Crippen molar-refractivity contribution in [3.63, 3.8) is 0 Å². The summed E-state index contributed by atoms with van der Waals surface area (Å²) in [5.74, 6) is -0.697. The Bertz CT molecular complexity index is 1040. The molecule has 0 atom stereocenters. The van der Waals surface area contributed by atoms with Gasteiger partial charge in [0.1, 0.15) is 18.9 Å². The molecule has 1 heterocycles. The van der Waals surface area contributed by atoms with Crippen LogP contribution in [0.15, 0.2) is 47.4 Å². The molecule has 2 aromatic rings. The second kappa shape index (κ2) is 10.2. The molecule has 0 spiro atoms. The van der Waals surface area contributed by atoms with Gasteiger partial charge in [0.05, 0.1) is 16.0 Å². The molecule has 0 unspecified atom stereocenters. The fourth-order valence-electron chi connectivity index (χ4n) is 2.68. The highest BCUT2D eigenvalue weighted by Gasteiger charge is 2.36. The molecule has 3 rings (SSSR count). The zero-order valence-corrected chi connectivity index (χ0v) is 19.1. The van der Waals surface area contributed by atoms with Gasteiger partial charge in [0.25, 0.3) is 11.1 Å². The van der Waals surface area contributed by atoms with Crippen LogP contribution in [0.5, 0.6) is 5.75 Å². The van der Waals surface area contributed by atoms with E-state index >= 15 is 0 Å². The number of hydrogen-bond acceptors (Lipinski definition) is 6. The first-order valence-corrected chi connectivity index (χ1v) is 10.9. The van der Waals surface area contributed by atoms with Crippen molar-refractivity contribution in [2.75, 3.05) is 6.54 Å². The van der Waals surface area contributed by atoms with Gasteiger partial charge in [-0.2, -0.15) is 0 Å². The third-order valence-electron chi connectivity index (χ3n) is 4.09. The summed E-state index contributed by atoms with van der Waals surface area (Å²) in [7, 11) is 0. The molecule has 9 heteroatoms. The molecule has 0 bridgehead atoms. The molecule has 0 N–H and O–H groups in total. The first kappa shape index (κ1) is 23.2. The number of esters is 1. The molecule has 31 heavy (non-hydrogen) atoms. The lowest BCUT2D eigenvalue weighted by Crippen LogP contribution is -2.35. The van der Waals surface area contributed by atoms with Crippen molar-refractivity contribution in [2.45, 2.75) is 26.6 Å². The minimum Gasteiger partial charge on any atom is -0.487 e. The summed E-state index contributed by atoms with van der Waals surface area (Å²) >= 11 is 12.9. The average Bonchev–Trinajstić information content (AvgIpc) is 2.95. The van der Waals surface area contributed by atoms with Crippen molar-refractivity contribution >= 4 is 58.2 Å². The van der Waals surface area contributed by atoms with Gasteiger partial charge in [0.15, 0.2) is 0 Å². The van der Waals surface area contributed by atoms with Gasteiger partial charge in [-0.25, -0.2) is 0 Å². The molecule has 1 aliphatic heterocycles. The van der Waals surface area contributed by atoms with E-state index in [4.69, 9.17) is 32.7 Å². The van der Waals surface area contributed by atoms with Gasteiger partial charge in [-0.15, -0.1) is 0 Å². The van der Waals surface area contributed by atoms with E-state index in [0.717, 1.165) is 22.2 Å². The molecule has 0 radical (unpaired) electrons. The summed E-state index contributed by atoms with van der Waals surface area (Å²) in [4.78, 5) is 37.5. The van der Waals surface area contributed by atoms with Crippen LogP contribution in [0.3, 0.4) is 0 Å². The van der Waals surface area contributed by atoms with Crippen LogP contribution in [-0.2, 0) is 20.9 Å². The van der Waals surface area contributed by atoms with Crippen molar-refractivity contribution in [3.05, 3.63) is 68.5 Å². The first-order chi connectivity index (χ1) is 14.7. The van der Waals surface area contributed by atoms with Gasteiger partial charge in [-0.1, -0.05) is 41.4 Å². The minimum atomic E-state index is -0.635. The minimum absolute atomic E-state index is 0.202. The summed E-state index contributed by atoms with van der Waals surface area (Å²) < 4.78 is 10.7. The molecule has 6 nitrogen and oxygen atoms in total. The largest absolute Gasteiger partial charge is 0.487 e. The predicted molar refractivity (Wildman–Crippen MR) is 121 cm³/mol. The van der Waals surface area contributed by atoms with E-state index in [1.54, 1.807) is 50.3 Å². The van der Waals surface area contributed by atoms with E-state index in [0.29, 0.717) is 28.0 Å². The van der Waals surface area contributed by atoms with Crippen LogP contribution in [-0.4, -0.2) is 34.7 Å². The number of hydrogen-bond donors (Lipinski definition) is 0. The molecule has 0 aliphatic carbocycles. The Hall–Kier alpha value is -2.48. The van der Waals surface area contributed by atoms with E-state index in [1.807, 2.05) is 12.1 Å². The molecule has 1 saturated heterocycles. The van der Waals surface area contributed by atoms with Gasteiger partial charge in [0, 0.05) is 5.02 Å². The highest BCUT2D eigenvalue weighted by molar-refractivity contribution is 8.18. The Kier molecular flexibility index (Phi) is 7.64. The maximum atomic E-state index is 12.5. The summed E-state index contributed by atoms with van der Waals surface area (Å²) in [6.07, 6.45) is 1.22. The highest BCUT2D eigenvalue weighted by Crippen LogP contribution is 2.34. The third-order valence-corrected chi connectivity index (χ3v) is 5.54. The smallest absolute Gasteiger partial charge is 0.326 e. The lowest BCUT2D eigenvalue weighted by molar-refractivity contribution is -0.149. The number of imide groups is 1. The molecule has 0 aromatic heterocycles. The van der Waals surface area contributed by atoms with Crippen LogP contribution in [0.4, 0.5) is 4.79 Å². The molecular weight excluding hydrogens is 461 g/mol. The number of rotatable bonds is 7. The number of carbonyl (C=O) groups is 3. The zero-order valence-electron chi connectivity index (χ0n) is 16.8. The molecule has 1 aliphatic rings. The summed E-state index contributed by atoms with van der Waals surface area (Å²) in [6, 6.07) is 12.3. The topological polar surface area (TPSA) is 72.9 Å². The van der Waals surface area contributed by atoms with Crippen LogP contribution in [0.1, 0.15) is 25.0 Å². The van der Waals surface area contributed by atoms with Gasteiger partial charge in [-0.05, 0) is 67.1 Å². The van der Waals surface area contributed by atoms with E-state index in [1.165, 1.54) is 0 Å². The lowest BCUT2D eigenvalue weighted by Gasteiger charge is -2.13. The second-order valence-corrected chi connectivity index (χ2v) is 8.75. The summed E-state index contributed by atoms with van der Waals surface area (Å²) in [6.45, 7) is 3.29. The number of ether oxygens (including phenoxy) is 2. The number of amides is 2. The van der Waals surface area contributed by atoms with Gasteiger partial charge < -0.3 is 9.47 Å². The monoisotopic (exact) mass is 479 g/mol. The molecule has 2 aromatic carbocycles. The van der Waals surface area contributed by atoms with Crippen molar-refractivity contribution in [3.8, 4) is 5.75 Å². The van der Waals surface area contributed by atoms with E-state index < -0.39 is 23.7 Å². The Labute approximate surface area is 194 Å². The van der Waals surface area contributed by atoms with Crippen molar-refractivity contribution in [1.82, 2.24) is 4.90 Å². The van der Waals surface area contributed by atoms with Crippen molar-refractivity contribution < 1.29 is 23.9 Å². The van der Waals surface area contributed by atoms with Gasteiger partial charge >= 0.3 is 5.97 Å². The molecule has 2 amide bonds. The SMILES string of the molecule is CC(C)OC(=O)CN1C(=O)S/C(=C\c2ccc(OCc3ccc(Cl)cc3)c(Cl)c2)C1=O. The maximum absolute atomic E-state index is 12.5. The lowest BCUT2D eigenvalue weighted by atomic mass is 10.2. The van der Waals surface area contributed by atoms with Crippen LogP contribution in [0.2, 0.25) is 10.0 Å². The van der Waals surface area contributed by atoms with Crippen molar-refractivity contribution in [1.29, 1.82) is 0 Å². The van der Waals surface area contributed by atoms with Crippen molar-refractivity contribution in [2.24, 2.45) is 0 Å². The van der Waals surface area contributed by atoms with Crippen LogP contribution in [0, 0.1) is 0 Å². The molecular formula is C22H19Cl2NO5S. The third kappa shape index (κ3) is 6.26. The van der Waals surface area contributed by atoms with Crippen LogP contribution < -0.4 is 4.74 Å². The fourth-order valence-corrected chi connectivity index (χ4v) is 3.89. The molecule has 1 fully saturated rings. The fraction of sp³-hybridized carbons (Fsp3) is 0.227. The van der Waals surface area contributed by atoms with Gasteiger partial charge in [0.2, 0.25) is 0 Å². The standard InChI is InChI=1S/C22H19Cl2NO5S/c1-13(2)30-20(26)11-25-21(27)19(31-22(25)28)10-15-5-8-18(17(24)9-15)29-12-14-3-6-16(23)7-4-14/h3-10,13H,11-12H2,1-2H3/b19-10-. The number of thioether (sulfide) groups is 1. The number of halogens is 2. The highest BCUT2D eigenvalue weighted by atomic mass is 35.5. The average molecular weight is 480 g/mol. The quantitative estimate of drug-likeness (QED) is 0.382. The van der Waals surface area contributed by atoms with E-state index in [-0.39, 0.29) is 11.0 Å².